The summed E-state index contributed by atoms with van der Waals surface area (Å²) >= 11 is 0. The number of likely N-dealkylation sites (N-methyl/N-ethyl adjacent to an activating group) is 1. The molecular formula is C13H17N3O4. The lowest BCUT2D eigenvalue weighted by Gasteiger charge is -2.14. The third-order valence-electron chi connectivity index (χ3n) is 3.25. The molecule has 20 heavy (non-hydrogen) atoms. The van der Waals surface area contributed by atoms with Gasteiger partial charge in [0.1, 0.15) is 0 Å². The fraction of sp³-hybridized carbons (Fsp3) is 0.462. The van der Waals surface area contributed by atoms with Crippen LogP contribution in [0, 0.1) is 10.1 Å². The lowest BCUT2D eigenvalue weighted by molar-refractivity contribution is -0.386. The van der Waals surface area contributed by atoms with Gasteiger partial charge in [0, 0.05) is 32.6 Å². The van der Waals surface area contributed by atoms with Crippen LogP contribution in [0.4, 0.5) is 5.69 Å². The Hall–Kier alpha value is -2.15. The summed E-state index contributed by atoms with van der Waals surface area (Å²) in [6.45, 7) is 1.18. The Bertz CT molecular complexity index is 532. The van der Waals surface area contributed by atoms with E-state index in [0.29, 0.717) is 19.5 Å². The van der Waals surface area contributed by atoms with Crippen LogP contribution in [0.3, 0.4) is 0 Å². The van der Waals surface area contributed by atoms with Gasteiger partial charge in [-0.05, 0) is 18.7 Å². The van der Waals surface area contributed by atoms with Crippen LogP contribution in [0.1, 0.15) is 12.0 Å². The van der Waals surface area contributed by atoms with Crippen LogP contribution in [0.25, 0.3) is 0 Å². The fourth-order valence-electron chi connectivity index (χ4n) is 2.17. The Labute approximate surface area is 116 Å². The van der Waals surface area contributed by atoms with Crippen molar-refractivity contribution in [2.45, 2.75) is 19.1 Å². The zero-order valence-corrected chi connectivity index (χ0v) is 11.5. The number of hydrogen-bond donors (Lipinski definition) is 1. The minimum atomic E-state index is -0.636. The van der Waals surface area contributed by atoms with Gasteiger partial charge in [-0.2, -0.15) is 0 Å². The molecule has 1 aromatic rings. The van der Waals surface area contributed by atoms with Gasteiger partial charge in [-0.25, -0.2) is 0 Å². The van der Waals surface area contributed by atoms with E-state index < -0.39 is 11.0 Å². The third kappa shape index (κ3) is 2.88. The molecule has 1 fully saturated rings. The molecule has 0 aliphatic carbocycles. The molecule has 1 saturated heterocycles. The molecule has 0 radical (unpaired) electrons. The number of hydrogen-bond acceptors (Lipinski definition) is 5. The monoisotopic (exact) mass is 279 g/mol. The summed E-state index contributed by atoms with van der Waals surface area (Å²) in [7, 11) is 3.48. The molecule has 0 aromatic heterocycles. The van der Waals surface area contributed by atoms with Gasteiger partial charge in [-0.3, -0.25) is 14.9 Å². The van der Waals surface area contributed by atoms with Gasteiger partial charge in [-0.15, -0.1) is 0 Å². The second kappa shape index (κ2) is 5.87. The Morgan fingerprint density at radius 1 is 1.55 bits per heavy atom. The zero-order chi connectivity index (χ0) is 14.7. The van der Waals surface area contributed by atoms with E-state index in [-0.39, 0.29) is 17.3 Å². The van der Waals surface area contributed by atoms with Crippen molar-refractivity contribution < 1.29 is 14.5 Å². The highest BCUT2D eigenvalue weighted by atomic mass is 16.6. The molecule has 7 nitrogen and oxygen atoms in total. The van der Waals surface area contributed by atoms with E-state index in [1.165, 1.54) is 6.07 Å². The Morgan fingerprint density at radius 3 is 2.85 bits per heavy atom. The fourth-order valence-corrected chi connectivity index (χ4v) is 2.17. The molecule has 0 saturated carbocycles. The minimum Gasteiger partial charge on any atom is -0.473 e. The lowest BCUT2D eigenvalue weighted by atomic mass is 10.2. The van der Waals surface area contributed by atoms with Gasteiger partial charge < -0.3 is 15.0 Å². The van der Waals surface area contributed by atoms with Crippen molar-refractivity contribution in [3.63, 3.8) is 0 Å². The number of carbonyl (C=O) groups excluding carboxylic acids is 1. The normalized spacial score (nSPS) is 18.4. The van der Waals surface area contributed by atoms with Crippen LogP contribution >= 0.6 is 0 Å². The van der Waals surface area contributed by atoms with E-state index in [9.17, 15) is 14.9 Å². The molecule has 7 heteroatoms. The number of nitrogens with zero attached hydrogens (tertiary/aromatic N) is 2. The highest BCUT2D eigenvalue weighted by Gasteiger charge is 2.32. The van der Waals surface area contributed by atoms with Gasteiger partial charge in [0.25, 0.3) is 5.91 Å². The zero-order valence-electron chi connectivity index (χ0n) is 11.5. The molecule has 0 spiro atoms. The molecule has 1 heterocycles. The highest BCUT2D eigenvalue weighted by molar-refractivity contribution is 5.83. The van der Waals surface area contributed by atoms with E-state index >= 15 is 0 Å². The van der Waals surface area contributed by atoms with Crippen LogP contribution < -0.4 is 10.1 Å². The molecule has 2 rings (SSSR count). The Balaban J connectivity index is 2.26. The number of benzene rings is 1. The molecule has 0 bridgehead atoms. The van der Waals surface area contributed by atoms with E-state index in [4.69, 9.17) is 4.74 Å². The summed E-state index contributed by atoms with van der Waals surface area (Å²) in [5.41, 5.74) is 0.749. The van der Waals surface area contributed by atoms with Crippen LogP contribution in [0.15, 0.2) is 18.2 Å². The number of ether oxygens (including phenoxy) is 1. The first kappa shape index (κ1) is 14.3. The molecular weight excluding hydrogens is 262 g/mol. The number of rotatable bonds is 5. The molecule has 1 atom stereocenters. The van der Waals surface area contributed by atoms with Gasteiger partial charge in [0.15, 0.2) is 11.9 Å². The first-order valence-electron chi connectivity index (χ1n) is 6.36. The number of carbonyl (C=O) groups is 1. The van der Waals surface area contributed by atoms with E-state index in [0.717, 1.165) is 5.56 Å². The molecule has 108 valence electrons. The minimum absolute atomic E-state index is 0.118. The molecule has 1 N–H and O–H groups in total. The van der Waals surface area contributed by atoms with E-state index in [1.807, 2.05) is 0 Å². The number of nitro benzene ring substituents is 1. The largest absolute Gasteiger partial charge is 0.473 e. The second-order valence-electron chi connectivity index (χ2n) is 4.74. The Morgan fingerprint density at radius 2 is 2.30 bits per heavy atom. The quantitative estimate of drug-likeness (QED) is 0.640. The average molecular weight is 279 g/mol. The van der Waals surface area contributed by atoms with Crippen LogP contribution in [0.2, 0.25) is 0 Å². The van der Waals surface area contributed by atoms with Crippen molar-refractivity contribution in [2.24, 2.45) is 0 Å². The first-order chi connectivity index (χ1) is 9.52. The maximum absolute atomic E-state index is 11.8. The molecule has 1 aliphatic heterocycles. The summed E-state index contributed by atoms with van der Waals surface area (Å²) in [5, 5.41) is 14.0. The molecule has 1 aromatic carbocycles. The first-order valence-corrected chi connectivity index (χ1v) is 6.36. The number of nitro groups is 1. The smallest absolute Gasteiger partial charge is 0.310 e. The van der Waals surface area contributed by atoms with Gasteiger partial charge in [0.2, 0.25) is 0 Å². The van der Waals surface area contributed by atoms with Crippen molar-refractivity contribution >= 4 is 11.6 Å². The average Bonchev–Trinajstić information content (AvgIpc) is 2.71. The van der Waals surface area contributed by atoms with Gasteiger partial charge >= 0.3 is 5.69 Å². The SMILES string of the molecule is CNCc1ccc([N+](=O)[O-])c(OC2CCN(C)C2=O)c1. The number of likely N-dealkylation sites (tertiary alicyclic amines) is 1. The topological polar surface area (TPSA) is 84.7 Å². The number of amides is 1. The maximum Gasteiger partial charge on any atom is 0.310 e. The van der Waals surface area contributed by atoms with E-state index in [1.54, 1.807) is 31.1 Å². The van der Waals surface area contributed by atoms with Crippen molar-refractivity contribution in [3.05, 3.63) is 33.9 Å². The summed E-state index contributed by atoms with van der Waals surface area (Å²) in [6, 6.07) is 4.69. The van der Waals surface area contributed by atoms with E-state index in [2.05, 4.69) is 5.32 Å². The predicted molar refractivity (Wildman–Crippen MR) is 72.5 cm³/mol. The van der Waals surface area contributed by atoms with Crippen molar-refractivity contribution in [1.82, 2.24) is 10.2 Å². The third-order valence-corrected chi connectivity index (χ3v) is 3.25. The van der Waals surface area contributed by atoms with Gasteiger partial charge in [-0.1, -0.05) is 6.07 Å². The van der Waals surface area contributed by atoms with Crippen molar-refractivity contribution in [3.8, 4) is 5.75 Å². The maximum atomic E-state index is 11.8. The molecule has 1 unspecified atom stereocenters. The summed E-state index contributed by atoms with van der Waals surface area (Å²) in [5.74, 6) is 0.00900. The number of nitrogens with one attached hydrogen (secondary N) is 1. The summed E-state index contributed by atoms with van der Waals surface area (Å²) < 4.78 is 5.58. The summed E-state index contributed by atoms with van der Waals surface area (Å²) in [6.07, 6.45) is -0.0912. The molecule has 1 amide bonds. The highest BCUT2D eigenvalue weighted by Crippen LogP contribution is 2.30. The summed E-state index contributed by atoms with van der Waals surface area (Å²) in [4.78, 5) is 23.9. The van der Waals surface area contributed by atoms with Crippen molar-refractivity contribution in [2.75, 3.05) is 20.6 Å². The lowest BCUT2D eigenvalue weighted by Crippen LogP contribution is -2.29. The molecule has 1 aliphatic rings. The van der Waals surface area contributed by atoms with Gasteiger partial charge in [0.05, 0.1) is 4.92 Å². The van der Waals surface area contributed by atoms with Crippen LogP contribution in [0.5, 0.6) is 5.75 Å². The van der Waals surface area contributed by atoms with Crippen LogP contribution in [-0.2, 0) is 11.3 Å². The second-order valence-corrected chi connectivity index (χ2v) is 4.74. The predicted octanol–water partition coefficient (Wildman–Crippen LogP) is 0.924. The Kier molecular flexibility index (Phi) is 4.19. The van der Waals surface area contributed by atoms with Crippen LogP contribution in [-0.4, -0.2) is 42.5 Å². The standard InChI is InChI=1S/C13H17N3O4/c1-14-8-9-3-4-10(16(18)19)12(7-9)20-11-5-6-15(2)13(11)17/h3-4,7,11,14H,5-6,8H2,1-2H3. The van der Waals surface area contributed by atoms with Crippen molar-refractivity contribution in [1.29, 1.82) is 0 Å².